The van der Waals surface area contributed by atoms with E-state index in [1.54, 1.807) is 25.0 Å². The Morgan fingerprint density at radius 2 is 2.24 bits per heavy atom. The lowest BCUT2D eigenvalue weighted by molar-refractivity contribution is 0.164. The number of nitrogens with one attached hydrogen (secondary N) is 1. The van der Waals surface area contributed by atoms with Crippen LogP contribution in [0.1, 0.15) is 19.0 Å². The van der Waals surface area contributed by atoms with E-state index in [2.05, 4.69) is 10.4 Å². The van der Waals surface area contributed by atoms with Crippen molar-refractivity contribution >= 4 is 11.4 Å². The third-order valence-electron chi connectivity index (χ3n) is 4.14. The van der Waals surface area contributed by atoms with Crippen molar-refractivity contribution in [3.05, 3.63) is 24.0 Å². The van der Waals surface area contributed by atoms with Crippen molar-refractivity contribution in [2.45, 2.75) is 19.0 Å². The number of ether oxygens (including phenoxy) is 1. The molecule has 1 atom stereocenters. The maximum absolute atomic E-state index is 15.3. The maximum Gasteiger partial charge on any atom is 0.169 e. The number of anilines is 2. The SMILES string of the molecule is CCC1(F)CNc2cc(OC)c(N)cc2-c2cnn(C)c21. The number of alkyl halides is 1. The fourth-order valence-electron chi connectivity index (χ4n) is 2.92. The van der Waals surface area contributed by atoms with Crippen LogP contribution in [0.2, 0.25) is 0 Å². The van der Waals surface area contributed by atoms with E-state index in [-0.39, 0.29) is 6.54 Å². The largest absolute Gasteiger partial charge is 0.495 e. The van der Waals surface area contributed by atoms with Crippen molar-refractivity contribution in [2.24, 2.45) is 7.05 Å². The predicted molar refractivity (Wildman–Crippen MR) is 81.2 cm³/mol. The topological polar surface area (TPSA) is 65.1 Å². The van der Waals surface area contributed by atoms with E-state index in [9.17, 15) is 0 Å². The van der Waals surface area contributed by atoms with Crippen LogP contribution in [-0.2, 0) is 12.7 Å². The molecule has 6 heteroatoms. The van der Waals surface area contributed by atoms with Gasteiger partial charge < -0.3 is 15.8 Å². The number of methoxy groups -OCH3 is 1. The molecule has 2 aromatic rings. The van der Waals surface area contributed by atoms with Crippen LogP contribution in [0.5, 0.6) is 5.75 Å². The maximum atomic E-state index is 15.3. The molecule has 0 amide bonds. The number of aromatic nitrogens is 2. The fraction of sp³-hybridized carbons (Fsp3) is 0.400. The van der Waals surface area contributed by atoms with Gasteiger partial charge in [0.2, 0.25) is 0 Å². The minimum Gasteiger partial charge on any atom is -0.495 e. The number of nitrogen functional groups attached to an aromatic ring is 1. The van der Waals surface area contributed by atoms with Gasteiger partial charge in [-0.1, -0.05) is 6.92 Å². The molecule has 0 saturated heterocycles. The average Bonchev–Trinajstić information content (AvgIpc) is 2.82. The first kappa shape index (κ1) is 13.7. The molecule has 5 nitrogen and oxygen atoms in total. The number of nitrogens with zero attached hydrogens (tertiary/aromatic N) is 2. The summed E-state index contributed by atoms with van der Waals surface area (Å²) in [5, 5.41) is 7.41. The Bertz CT molecular complexity index is 697. The molecule has 112 valence electrons. The zero-order valence-electron chi connectivity index (χ0n) is 12.4. The molecule has 0 aliphatic carbocycles. The van der Waals surface area contributed by atoms with Crippen molar-refractivity contribution < 1.29 is 9.13 Å². The van der Waals surface area contributed by atoms with Crippen molar-refractivity contribution in [1.82, 2.24) is 9.78 Å². The van der Waals surface area contributed by atoms with Gasteiger partial charge in [0.05, 0.1) is 31.2 Å². The molecule has 1 aromatic carbocycles. The summed E-state index contributed by atoms with van der Waals surface area (Å²) in [6.45, 7) is 2.03. The van der Waals surface area contributed by atoms with Crippen LogP contribution in [-0.4, -0.2) is 23.4 Å². The van der Waals surface area contributed by atoms with E-state index in [1.807, 2.05) is 19.1 Å². The first-order valence-corrected chi connectivity index (χ1v) is 6.93. The first-order valence-electron chi connectivity index (χ1n) is 6.93. The summed E-state index contributed by atoms with van der Waals surface area (Å²) < 4.78 is 22.2. The summed E-state index contributed by atoms with van der Waals surface area (Å²) in [4.78, 5) is 0. The van der Waals surface area contributed by atoms with Gasteiger partial charge in [0.15, 0.2) is 5.67 Å². The van der Waals surface area contributed by atoms with Crippen LogP contribution in [0.4, 0.5) is 15.8 Å². The second kappa shape index (κ2) is 4.65. The second-order valence-electron chi connectivity index (χ2n) is 5.34. The van der Waals surface area contributed by atoms with E-state index < -0.39 is 5.67 Å². The van der Waals surface area contributed by atoms with E-state index in [4.69, 9.17) is 10.5 Å². The number of aryl methyl sites for hydroxylation is 1. The number of fused-ring (bicyclic) bond motifs is 3. The van der Waals surface area contributed by atoms with Crippen LogP contribution < -0.4 is 15.8 Å². The third-order valence-corrected chi connectivity index (χ3v) is 4.14. The zero-order valence-corrected chi connectivity index (χ0v) is 12.4. The highest BCUT2D eigenvalue weighted by Crippen LogP contribution is 2.45. The summed E-state index contributed by atoms with van der Waals surface area (Å²) in [7, 11) is 3.33. The monoisotopic (exact) mass is 290 g/mol. The van der Waals surface area contributed by atoms with E-state index in [0.29, 0.717) is 23.6 Å². The van der Waals surface area contributed by atoms with Crippen LogP contribution in [0.15, 0.2) is 18.3 Å². The molecule has 1 unspecified atom stereocenters. The third kappa shape index (κ3) is 1.93. The lowest BCUT2D eigenvalue weighted by atomic mass is 9.93. The number of benzene rings is 1. The Kier molecular flexibility index (Phi) is 3.04. The molecule has 3 rings (SSSR count). The summed E-state index contributed by atoms with van der Waals surface area (Å²) in [5.41, 5.74) is 8.07. The smallest absolute Gasteiger partial charge is 0.169 e. The Hall–Kier alpha value is -2.24. The number of hydrogen-bond acceptors (Lipinski definition) is 4. The van der Waals surface area contributed by atoms with E-state index >= 15 is 4.39 Å². The van der Waals surface area contributed by atoms with Gasteiger partial charge in [-0.25, -0.2) is 4.39 Å². The van der Waals surface area contributed by atoms with Crippen molar-refractivity contribution in [3.8, 4) is 16.9 Å². The molecule has 1 aromatic heterocycles. The van der Waals surface area contributed by atoms with Crippen LogP contribution in [0.3, 0.4) is 0 Å². The molecule has 0 saturated carbocycles. The summed E-state index contributed by atoms with van der Waals surface area (Å²) in [5.74, 6) is 0.578. The molecule has 0 radical (unpaired) electrons. The van der Waals surface area contributed by atoms with Gasteiger partial charge in [0.25, 0.3) is 0 Å². The van der Waals surface area contributed by atoms with E-state index in [1.165, 1.54) is 0 Å². The molecule has 1 aliphatic heterocycles. The molecular formula is C15H19FN4O. The minimum atomic E-state index is -1.47. The number of rotatable bonds is 2. The van der Waals surface area contributed by atoms with Gasteiger partial charge in [-0.3, -0.25) is 4.68 Å². The number of halogens is 1. The normalized spacial score (nSPS) is 20.2. The molecular weight excluding hydrogens is 271 g/mol. The molecule has 3 N–H and O–H groups in total. The fourth-order valence-corrected chi connectivity index (χ4v) is 2.92. The summed E-state index contributed by atoms with van der Waals surface area (Å²) in [6, 6.07) is 3.62. The molecule has 0 spiro atoms. The van der Waals surface area contributed by atoms with Gasteiger partial charge in [-0.2, -0.15) is 5.10 Å². The number of nitrogens with two attached hydrogens (primary N) is 1. The number of hydrogen-bond donors (Lipinski definition) is 2. The highest BCUT2D eigenvalue weighted by molar-refractivity contribution is 5.85. The van der Waals surface area contributed by atoms with Crippen molar-refractivity contribution in [2.75, 3.05) is 24.7 Å². The van der Waals surface area contributed by atoms with E-state index in [0.717, 1.165) is 16.8 Å². The Morgan fingerprint density at radius 3 is 2.90 bits per heavy atom. The Morgan fingerprint density at radius 1 is 1.48 bits per heavy atom. The standard InChI is InChI=1S/C15H19FN4O/c1-4-15(16)8-18-12-6-13(21-3)11(17)5-9(12)10-7-19-20(2)14(10)15/h5-7,18H,4,8,17H2,1-3H3. The minimum absolute atomic E-state index is 0.191. The van der Waals surface area contributed by atoms with Crippen molar-refractivity contribution in [3.63, 3.8) is 0 Å². The molecule has 1 aliphatic rings. The van der Waals surface area contributed by atoms with Crippen LogP contribution in [0, 0.1) is 0 Å². The zero-order chi connectivity index (χ0) is 15.2. The quantitative estimate of drug-likeness (QED) is 0.835. The average molecular weight is 290 g/mol. The first-order chi connectivity index (χ1) is 10.00. The van der Waals surface area contributed by atoms with Crippen LogP contribution in [0.25, 0.3) is 11.1 Å². The van der Waals surface area contributed by atoms with Gasteiger partial charge in [0, 0.05) is 29.9 Å². The Balaban J connectivity index is 2.27. The van der Waals surface area contributed by atoms with Gasteiger partial charge >= 0.3 is 0 Å². The Labute approximate surface area is 122 Å². The van der Waals surface area contributed by atoms with Gasteiger partial charge in [0.1, 0.15) is 5.75 Å². The second-order valence-corrected chi connectivity index (χ2v) is 5.34. The highest BCUT2D eigenvalue weighted by atomic mass is 19.1. The lowest BCUT2D eigenvalue weighted by Crippen LogP contribution is -2.30. The van der Waals surface area contributed by atoms with Crippen LogP contribution >= 0.6 is 0 Å². The summed E-state index contributed by atoms with van der Waals surface area (Å²) >= 11 is 0. The molecule has 0 bridgehead atoms. The lowest BCUT2D eigenvalue weighted by Gasteiger charge is -2.23. The predicted octanol–water partition coefficient (Wildman–Crippen LogP) is 2.68. The molecule has 0 fully saturated rings. The summed E-state index contributed by atoms with van der Waals surface area (Å²) in [6.07, 6.45) is 2.06. The molecule has 21 heavy (non-hydrogen) atoms. The van der Waals surface area contributed by atoms with Crippen molar-refractivity contribution in [1.29, 1.82) is 0 Å². The molecule has 2 heterocycles. The highest BCUT2D eigenvalue weighted by Gasteiger charge is 2.38. The van der Waals surface area contributed by atoms with Gasteiger partial charge in [-0.05, 0) is 12.5 Å². The van der Waals surface area contributed by atoms with Gasteiger partial charge in [-0.15, -0.1) is 0 Å².